The van der Waals surface area contributed by atoms with E-state index in [-0.39, 0.29) is 5.69 Å². The van der Waals surface area contributed by atoms with Crippen LogP contribution in [0, 0.1) is 12.8 Å². The molecule has 0 aliphatic carbocycles. The molecule has 0 bridgehead atoms. The number of nitrogens with zero attached hydrogens (tertiary/aromatic N) is 4. The third-order valence-electron chi connectivity index (χ3n) is 7.93. The van der Waals surface area contributed by atoms with Crippen LogP contribution in [-0.4, -0.2) is 33.5 Å². The molecule has 3 heterocycles. The minimum atomic E-state index is -4.58. The molecule has 6 rings (SSSR count). The number of nitrogens with one attached hydrogen (secondary N) is 1. The molecule has 2 amide bonds. The zero-order chi connectivity index (χ0) is 29.6. The Balaban J connectivity index is 1.51. The van der Waals surface area contributed by atoms with Crippen molar-refractivity contribution >= 4 is 39.5 Å². The topological polar surface area (TPSA) is 115 Å². The number of halogens is 3. The number of amides is 2. The number of carbonyl (C=O) groups is 1. The normalized spacial score (nSPS) is 14.5. The summed E-state index contributed by atoms with van der Waals surface area (Å²) < 4.78 is 42.5. The number of alkyl halides is 3. The third-order valence-corrected chi connectivity index (χ3v) is 7.93. The van der Waals surface area contributed by atoms with Crippen LogP contribution in [0.5, 0.6) is 0 Å². The van der Waals surface area contributed by atoms with E-state index < -0.39 is 17.8 Å². The molecule has 1 aliphatic rings. The van der Waals surface area contributed by atoms with E-state index in [2.05, 4.69) is 14.7 Å². The van der Waals surface area contributed by atoms with Gasteiger partial charge in [-0.1, -0.05) is 30.3 Å². The number of carbonyl (C=O) groups excluding carboxylic acids is 1. The van der Waals surface area contributed by atoms with Gasteiger partial charge >= 0.3 is 12.2 Å². The second kappa shape index (κ2) is 10.6. The van der Waals surface area contributed by atoms with Crippen molar-refractivity contribution in [3.05, 3.63) is 83.9 Å². The average molecular weight is 574 g/mol. The summed E-state index contributed by atoms with van der Waals surface area (Å²) in [6, 6.07) is 14.4. The summed E-state index contributed by atoms with van der Waals surface area (Å²) in [4.78, 5) is 23.3. The van der Waals surface area contributed by atoms with E-state index in [1.54, 1.807) is 24.3 Å². The Kier molecular flexibility index (Phi) is 6.97. The minimum Gasteiger partial charge on any atom is -0.382 e. The van der Waals surface area contributed by atoms with Crippen LogP contribution in [0.1, 0.15) is 29.9 Å². The molecular weight excluding hydrogens is 543 g/mol. The third kappa shape index (κ3) is 4.89. The van der Waals surface area contributed by atoms with Crippen LogP contribution < -0.4 is 21.7 Å². The molecule has 8 nitrogen and oxygen atoms in total. The van der Waals surface area contributed by atoms with Crippen LogP contribution in [0.15, 0.2) is 66.9 Å². The van der Waals surface area contributed by atoms with Gasteiger partial charge in [0.1, 0.15) is 22.9 Å². The van der Waals surface area contributed by atoms with Gasteiger partial charge in [0.25, 0.3) is 0 Å². The lowest BCUT2D eigenvalue weighted by molar-refractivity contribution is -0.137. The second-order valence-corrected chi connectivity index (χ2v) is 10.6. The van der Waals surface area contributed by atoms with E-state index in [4.69, 9.17) is 16.5 Å². The minimum absolute atomic E-state index is 0.00881. The van der Waals surface area contributed by atoms with Gasteiger partial charge in [0.15, 0.2) is 0 Å². The zero-order valence-electron chi connectivity index (χ0n) is 22.9. The van der Waals surface area contributed by atoms with Gasteiger partial charge in [0.05, 0.1) is 16.9 Å². The Labute approximate surface area is 240 Å². The summed E-state index contributed by atoms with van der Waals surface area (Å²) in [6.07, 6.45) is 0.268. The lowest BCUT2D eigenvalue weighted by Crippen LogP contribution is -2.31. The molecule has 216 valence electrons. The molecule has 0 spiro atoms. The zero-order valence-corrected chi connectivity index (χ0v) is 22.9. The highest BCUT2D eigenvalue weighted by Gasteiger charge is 2.32. The van der Waals surface area contributed by atoms with Crippen molar-refractivity contribution in [3.63, 3.8) is 0 Å². The summed E-state index contributed by atoms with van der Waals surface area (Å²) in [5, 5.41) is 4.75. The largest absolute Gasteiger partial charge is 0.416 e. The van der Waals surface area contributed by atoms with E-state index >= 15 is 0 Å². The van der Waals surface area contributed by atoms with Crippen molar-refractivity contribution in [2.24, 2.45) is 11.7 Å². The van der Waals surface area contributed by atoms with Gasteiger partial charge in [-0.25, -0.2) is 14.8 Å². The SMILES string of the molecule is Cc1nc(-c2ccc(N(C(N)=O)c3cccc(C(F)(F)F)c3)c3ccccc23)c2c(N)ncc(CC3CCNCC3)n12. The molecular formula is C31H30F3N7O. The van der Waals surface area contributed by atoms with E-state index in [1.807, 2.05) is 25.3 Å². The molecule has 2 aromatic heterocycles. The molecule has 0 saturated carbocycles. The van der Waals surface area contributed by atoms with Crippen LogP contribution in [0.3, 0.4) is 0 Å². The number of benzene rings is 3. The fraction of sp³-hybridized carbons (Fsp3) is 0.258. The first-order valence-electron chi connectivity index (χ1n) is 13.8. The molecule has 0 unspecified atom stereocenters. The van der Waals surface area contributed by atoms with E-state index in [1.165, 1.54) is 12.1 Å². The number of hydrogen-bond acceptors (Lipinski definition) is 5. The molecule has 11 heteroatoms. The highest BCUT2D eigenvalue weighted by Crippen LogP contribution is 2.41. The van der Waals surface area contributed by atoms with Crippen LogP contribution >= 0.6 is 0 Å². The van der Waals surface area contributed by atoms with Gasteiger partial charge in [-0.05, 0) is 80.9 Å². The smallest absolute Gasteiger partial charge is 0.382 e. The Morgan fingerprint density at radius 2 is 1.81 bits per heavy atom. The predicted molar refractivity (Wildman–Crippen MR) is 158 cm³/mol. The number of piperidine rings is 1. The number of fused-ring (bicyclic) bond motifs is 2. The molecule has 1 saturated heterocycles. The number of aryl methyl sites for hydroxylation is 1. The highest BCUT2D eigenvalue weighted by molar-refractivity contribution is 6.12. The fourth-order valence-electron chi connectivity index (χ4n) is 5.99. The summed E-state index contributed by atoms with van der Waals surface area (Å²) in [5.41, 5.74) is 14.8. The molecule has 1 fully saturated rings. The van der Waals surface area contributed by atoms with Gasteiger partial charge < -0.3 is 16.8 Å². The van der Waals surface area contributed by atoms with Gasteiger partial charge in [-0.2, -0.15) is 13.2 Å². The monoisotopic (exact) mass is 573 g/mol. The summed E-state index contributed by atoms with van der Waals surface area (Å²) in [7, 11) is 0. The van der Waals surface area contributed by atoms with Crippen molar-refractivity contribution in [2.75, 3.05) is 23.7 Å². The first-order chi connectivity index (χ1) is 20.1. The Morgan fingerprint density at radius 3 is 2.52 bits per heavy atom. The average Bonchev–Trinajstić information content (AvgIpc) is 3.32. The molecule has 5 N–H and O–H groups in total. The maximum Gasteiger partial charge on any atom is 0.416 e. The molecule has 0 radical (unpaired) electrons. The summed E-state index contributed by atoms with van der Waals surface area (Å²) >= 11 is 0. The van der Waals surface area contributed by atoms with Crippen molar-refractivity contribution in [2.45, 2.75) is 32.4 Å². The Morgan fingerprint density at radius 1 is 1.07 bits per heavy atom. The lowest BCUT2D eigenvalue weighted by Gasteiger charge is -2.24. The number of imidazole rings is 1. The standard InChI is InChI=1S/C31H30F3N7O/c1-18-39-27(28-29(35)38-17-22(40(18)28)15-19-11-13-37-14-12-19)25-9-10-26(24-8-3-2-7-23(24)25)41(30(36)42)21-6-4-5-20(16-21)31(32,33)34/h2-10,16-17,19,37H,11-15H2,1H3,(H2,35,38)(H2,36,42). The highest BCUT2D eigenvalue weighted by atomic mass is 19.4. The summed E-state index contributed by atoms with van der Waals surface area (Å²) in [5.74, 6) is 1.64. The predicted octanol–water partition coefficient (Wildman–Crippen LogP) is 6.22. The molecule has 42 heavy (non-hydrogen) atoms. The molecule has 0 atom stereocenters. The fourth-order valence-corrected chi connectivity index (χ4v) is 5.99. The maximum atomic E-state index is 13.5. The first kappa shape index (κ1) is 27.5. The first-order valence-corrected chi connectivity index (χ1v) is 13.8. The number of hydrogen-bond donors (Lipinski definition) is 3. The number of nitrogen functional groups attached to an aromatic ring is 1. The van der Waals surface area contributed by atoms with Crippen LogP contribution in [0.25, 0.3) is 27.5 Å². The van der Waals surface area contributed by atoms with Crippen molar-refractivity contribution in [1.82, 2.24) is 19.7 Å². The Bertz CT molecular complexity index is 1810. The quantitative estimate of drug-likeness (QED) is 0.231. The van der Waals surface area contributed by atoms with Gasteiger partial charge in [-0.15, -0.1) is 0 Å². The number of aromatic nitrogens is 3. The second-order valence-electron chi connectivity index (χ2n) is 10.6. The maximum absolute atomic E-state index is 13.5. The number of urea groups is 1. The van der Waals surface area contributed by atoms with Gasteiger partial charge in [0.2, 0.25) is 0 Å². The van der Waals surface area contributed by atoms with E-state index in [9.17, 15) is 18.0 Å². The Hall–Kier alpha value is -4.64. The molecule has 5 aromatic rings. The van der Waals surface area contributed by atoms with Gasteiger partial charge in [-0.3, -0.25) is 9.30 Å². The molecule has 1 aliphatic heterocycles. The van der Waals surface area contributed by atoms with Gasteiger partial charge in [0, 0.05) is 22.8 Å². The van der Waals surface area contributed by atoms with Crippen LogP contribution in [0.2, 0.25) is 0 Å². The van der Waals surface area contributed by atoms with Crippen molar-refractivity contribution in [1.29, 1.82) is 0 Å². The number of nitrogens with two attached hydrogens (primary N) is 2. The number of rotatable bonds is 5. The number of primary amides is 1. The molecule has 3 aromatic carbocycles. The van der Waals surface area contributed by atoms with Crippen LogP contribution in [-0.2, 0) is 12.6 Å². The van der Waals surface area contributed by atoms with Crippen molar-refractivity contribution in [3.8, 4) is 11.3 Å². The lowest BCUT2D eigenvalue weighted by atomic mass is 9.93. The number of anilines is 3. The van der Waals surface area contributed by atoms with Crippen LogP contribution in [0.4, 0.5) is 35.2 Å². The van der Waals surface area contributed by atoms with E-state index in [0.717, 1.165) is 71.9 Å². The van der Waals surface area contributed by atoms with Crippen molar-refractivity contribution < 1.29 is 18.0 Å². The summed E-state index contributed by atoms with van der Waals surface area (Å²) in [6.45, 7) is 3.91. The van der Waals surface area contributed by atoms with E-state index in [0.29, 0.717) is 34.0 Å².